The van der Waals surface area contributed by atoms with Gasteiger partial charge >= 0.3 is 0 Å². The zero-order chi connectivity index (χ0) is 14.8. The largest absolute Gasteiger partial charge is 0.399 e. The molecule has 1 aliphatic carbocycles. The number of nitrogens with two attached hydrogens (primary N) is 1. The topological polar surface area (TPSA) is 72.2 Å². The fourth-order valence-corrected chi connectivity index (χ4v) is 5.40. The van der Waals surface area contributed by atoms with Gasteiger partial charge in [0.05, 0.1) is 4.90 Å². The van der Waals surface area contributed by atoms with Gasteiger partial charge in [0.2, 0.25) is 10.0 Å². The Morgan fingerprint density at radius 2 is 2.15 bits per heavy atom. The molecular weight excluding hydrogens is 292 g/mol. The third-order valence-electron chi connectivity index (χ3n) is 3.82. The molecular formula is C14H22N2O2S2. The molecule has 0 saturated heterocycles. The molecule has 1 aliphatic rings. The molecule has 0 heterocycles. The van der Waals surface area contributed by atoms with Crippen LogP contribution < -0.4 is 10.5 Å². The summed E-state index contributed by atoms with van der Waals surface area (Å²) in [5.74, 6) is 0. The van der Waals surface area contributed by atoms with Crippen LogP contribution in [-0.4, -0.2) is 26.0 Å². The van der Waals surface area contributed by atoms with Crippen molar-refractivity contribution in [3.63, 3.8) is 0 Å². The molecule has 1 saturated carbocycles. The van der Waals surface area contributed by atoms with Gasteiger partial charge in [0.25, 0.3) is 0 Å². The molecule has 0 radical (unpaired) electrons. The van der Waals surface area contributed by atoms with E-state index in [1.54, 1.807) is 30.0 Å². The number of anilines is 1. The maximum atomic E-state index is 12.6. The highest BCUT2D eigenvalue weighted by atomic mass is 32.2. The van der Waals surface area contributed by atoms with Crippen molar-refractivity contribution < 1.29 is 8.42 Å². The molecule has 20 heavy (non-hydrogen) atoms. The monoisotopic (exact) mass is 314 g/mol. The zero-order valence-corrected chi connectivity index (χ0v) is 13.6. The van der Waals surface area contributed by atoms with Gasteiger partial charge in [-0.1, -0.05) is 19.4 Å². The van der Waals surface area contributed by atoms with Crippen LogP contribution in [-0.2, 0) is 16.4 Å². The highest BCUT2D eigenvalue weighted by molar-refractivity contribution is 7.99. The lowest BCUT2D eigenvalue weighted by Gasteiger charge is -2.20. The zero-order valence-electron chi connectivity index (χ0n) is 11.9. The molecule has 1 aromatic carbocycles. The van der Waals surface area contributed by atoms with Crippen LogP contribution in [0.15, 0.2) is 23.1 Å². The average molecular weight is 314 g/mol. The molecule has 6 heteroatoms. The van der Waals surface area contributed by atoms with Gasteiger partial charge in [-0.3, -0.25) is 0 Å². The summed E-state index contributed by atoms with van der Waals surface area (Å²) in [6.45, 7) is 1.95. The van der Waals surface area contributed by atoms with Crippen LogP contribution in [0.1, 0.15) is 31.7 Å². The van der Waals surface area contributed by atoms with Crippen molar-refractivity contribution in [1.82, 2.24) is 4.72 Å². The van der Waals surface area contributed by atoms with Crippen molar-refractivity contribution in [3.8, 4) is 0 Å². The molecule has 2 rings (SSSR count). The summed E-state index contributed by atoms with van der Waals surface area (Å²) in [7, 11) is -3.50. The summed E-state index contributed by atoms with van der Waals surface area (Å²) in [5, 5.41) is 0.371. The molecule has 0 bridgehead atoms. The number of hydrogen-bond donors (Lipinski definition) is 2. The lowest BCUT2D eigenvalue weighted by molar-refractivity contribution is 0.554. The van der Waals surface area contributed by atoms with Gasteiger partial charge in [0, 0.05) is 17.0 Å². The molecule has 4 nitrogen and oxygen atoms in total. The first-order chi connectivity index (χ1) is 9.47. The van der Waals surface area contributed by atoms with Crippen LogP contribution in [0.25, 0.3) is 0 Å². The molecule has 0 amide bonds. The highest BCUT2D eigenvalue weighted by Gasteiger charge is 2.31. The fraction of sp³-hybridized carbons (Fsp3) is 0.571. The Hall–Kier alpha value is -0.720. The van der Waals surface area contributed by atoms with E-state index in [-0.39, 0.29) is 6.04 Å². The molecule has 1 fully saturated rings. The maximum Gasteiger partial charge on any atom is 0.241 e. The average Bonchev–Trinajstić information content (AvgIpc) is 2.85. The summed E-state index contributed by atoms with van der Waals surface area (Å²) in [5.41, 5.74) is 7.04. The molecule has 112 valence electrons. The minimum Gasteiger partial charge on any atom is -0.399 e. The van der Waals surface area contributed by atoms with Crippen LogP contribution in [0.4, 0.5) is 5.69 Å². The van der Waals surface area contributed by atoms with E-state index in [2.05, 4.69) is 4.72 Å². The van der Waals surface area contributed by atoms with Gasteiger partial charge < -0.3 is 5.73 Å². The van der Waals surface area contributed by atoms with E-state index in [1.807, 2.05) is 13.2 Å². The number of rotatable bonds is 5. The molecule has 0 spiro atoms. The summed E-state index contributed by atoms with van der Waals surface area (Å²) in [6.07, 6.45) is 5.78. The first-order valence-corrected chi connectivity index (χ1v) is 9.68. The van der Waals surface area contributed by atoms with Crippen LogP contribution in [0.3, 0.4) is 0 Å². The lowest BCUT2D eigenvalue weighted by Crippen LogP contribution is -2.38. The van der Waals surface area contributed by atoms with E-state index in [0.29, 0.717) is 22.3 Å². The fourth-order valence-electron chi connectivity index (χ4n) is 2.72. The third kappa shape index (κ3) is 3.30. The molecule has 1 aromatic rings. The van der Waals surface area contributed by atoms with Crippen molar-refractivity contribution in [3.05, 3.63) is 23.8 Å². The second kappa shape index (κ2) is 6.37. The smallest absolute Gasteiger partial charge is 0.241 e. The number of thioether (sulfide) groups is 1. The highest BCUT2D eigenvalue weighted by Crippen LogP contribution is 2.30. The second-order valence-electron chi connectivity index (χ2n) is 5.15. The summed E-state index contributed by atoms with van der Waals surface area (Å²) in [4.78, 5) is 0.326. The predicted octanol–water partition coefficient (Wildman–Crippen LogP) is 2.39. The Morgan fingerprint density at radius 1 is 1.40 bits per heavy atom. The van der Waals surface area contributed by atoms with E-state index >= 15 is 0 Å². The molecule has 2 unspecified atom stereocenters. The van der Waals surface area contributed by atoms with Crippen LogP contribution >= 0.6 is 11.8 Å². The third-order valence-corrected chi connectivity index (χ3v) is 6.57. The normalized spacial score (nSPS) is 23.1. The van der Waals surface area contributed by atoms with Crippen molar-refractivity contribution in [1.29, 1.82) is 0 Å². The van der Waals surface area contributed by atoms with Crippen molar-refractivity contribution >= 4 is 27.5 Å². The van der Waals surface area contributed by atoms with Crippen molar-refractivity contribution in [2.24, 2.45) is 0 Å². The minimum atomic E-state index is -3.50. The van der Waals surface area contributed by atoms with Gasteiger partial charge in [0.15, 0.2) is 0 Å². The van der Waals surface area contributed by atoms with Gasteiger partial charge in [-0.15, -0.1) is 0 Å². The minimum absolute atomic E-state index is 0.0288. The molecule has 0 aliphatic heterocycles. The number of benzene rings is 1. The van der Waals surface area contributed by atoms with Gasteiger partial charge in [0.1, 0.15) is 0 Å². The molecule has 0 aromatic heterocycles. The van der Waals surface area contributed by atoms with Crippen LogP contribution in [0, 0.1) is 0 Å². The van der Waals surface area contributed by atoms with Crippen molar-refractivity contribution in [2.45, 2.75) is 48.8 Å². The van der Waals surface area contributed by atoms with E-state index < -0.39 is 10.0 Å². The van der Waals surface area contributed by atoms with Crippen LogP contribution in [0.5, 0.6) is 0 Å². The van der Waals surface area contributed by atoms with Gasteiger partial charge in [-0.25, -0.2) is 13.1 Å². The quantitative estimate of drug-likeness (QED) is 0.819. The Morgan fingerprint density at radius 3 is 2.80 bits per heavy atom. The van der Waals surface area contributed by atoms with Gasteiger partial charge in [-0.05, 0) is 43.2 Å². The maximum absolute atomic E-state index is 12.6. The Kier molecular flexibility index (Phi) is 4.99. The lowest BCUT2D eigenvalue weighted by atomic mass is 10.1. The SMILES string of the molecule is CCc1ccc(N)cc1S(=O)(=O)NC1CCCC1SC. The first kappa shape index (κ1) is 15.7. The first-order valence-electron chi connectivity index (χ1n) is 6.91. The number of sulfonamides is 1. The Labute approximate surface area is 125 Å². The Balaban J connectivity index is 2.28. The number of nitrogen functional groups attached to an aromatic ring is 1. The van der Waals surface area contributed by atoms with Crippen molar-refractivity contribution in [2.75, 3.05) is 12.0 Å². The molecule has 2 atom stereocenters. The Bertz CT molecular complexity index is 573. The summed E-state index contributed by atoms with van der Waals surface area (Å²) in [6, 6.07) is 5.13. The number of nitrogens with one attached hydrogen (secondary N) is 1. The second-order valence-corrected chi connectivity index (χ2v) is 7.91. The summed E-state index contributed by atoms with van der Waals surface area (Å²) >= 11 is 1.74. The van der Waals surface area contributed by atoms with E-state index in [9.17, 15) is 8.42 Å². The summed E-state index contributed by atoms with van der Waals surface area (Å²) < 4.78 is 28.1. The molecule has 3 N–H and O–H groups in total. The number of hydrogen-bond acceptors (Lipinski definition) is 4. The van der Waals surface area contributed by atoms with Crippen LogP contribution in [0.2, 0.25) is 0 Å². The van der Waals surface area contributed by atoms with E-state index in [0.717, 1.165) is 24.8 Å². The van der Waals surface area contributed by atoms with E-state index in [4.69, 9.17) is 5.73 Å². The van der Waals surface area contributed by atoms with Gasteiger partial charge in [-0.2, -0.15) is 11.8 Å². The predicted molar refractivity (Wildman–Crippen MR) is 85.5 cm³/mol. The number of aryl methyl sites for hydroxylation is 1. The standard InChI is InChI=1S/C14H22N2O2S2/c1-3-10-7-8-11(15)9-14(10)20(17,18)16-12-5-4-6-13(12)19-2/h7-9,12-13,16H,3-6,15H2,1-2H3. The van der Waals surface area contributed by atoms with E-state index in [1.165, 1.54) is 0 Å².